The number of likely N-dealkylation sites (tertiary alicyclic amines) is 1. The van der Waals surface area contributed by atoms with Crippen LogP contribution in [0, 0.1) is 12.8 Å². The van der Waals surface area contributed by atoms with Gasteiger partial charge >= 0.3 is 0 Å². The zero-order valence-corrected chi connectivity index (χ0v) is 20.4. The third-order valence-corrected chi connectivity index (χ3v) is 6.99. The smallest absolute Gasteiger partial charge is 0.241 e. The van der Waals surface area contributed by atoms with Crippen LogP contribution in [0.15, 0.2) is 53.1 Å². The number of benzene rings is 2. The molecule has 2 aromatic carbocycles. The fourth-order valence-corrected chi connectivity index (χ4v) is 4.94. The zero-order chi connectivity index (χ0) is 23.0. The molecule has 0 saturated carbocycles. The maximum atomic E-state index is 12.7. The first-order chi connectivity index (χ1) is 16.1. The lowest BCUT2D eigenvalue weighted by Gasteiger charge is -2.30. The zero-order valence-electron chi connectivity index (χ0n) is 18.8. The monoisotopic (exact) mass is 484 g/mol. The molecule has 8 heteroatoms. The van der Waals surface area contributed by atoms with Gasteiger partial charge in [0.25, 0.3) is 0 Å². The van der Waals surface area contributed by atoms with Crippen molar-refractivity contribution in [3.05, 3.63) is 70.6 Å². The largest absolute Gasteiger partial charge is 0.355 e. The fourth-order valence-electron chi connectivity index (χ4n) is 3.93. The number of nitrogens with zero attached hydrogens (tertiary/aromatic N) is 3. The molecular weight excluding hydrogens is 456 g/mol. The summed E-state index contributed by atoms with van der Waals surface area (Å²) in [5, 5.41) is 7.83. The molecule has 1 aliphatic rings. The minimum absolute atomic E-state index is 0.00355. The van der Waals surface area contributed by atoms with E-state index in [0.29, 0.717) is 36.4 Å². The van der Waals surface area contributed by atoms with Crippen molar-refractivity contribution in [3.8, 4) is 11.4 Å². The Hall–Kier alpha value is -2.35. The molecule has 1 fully saturated rings. The van der Waals surface area contributed by atoms with Crippen LogP contribution in [-0.2, 0) is 17.1 Å². The Balaban J connectivity index is 1.19. The highest BCUT2D eigenvalue weighted by molar-refractivity contribution is 7.98. The van der Waals surface area contributed by atoms with Crippen molar-refractivity contribution in [1.29, 1.82) is 0 Å². The summed E-state index contributed by atoms with van der Waals surface area (Å²) in [5.74, 6) is 3.09. The van der Waals surface area contributed by atoms with E-state index in [1.54, 1.807) is 0 Å². The molecule has 0 spiro atoms. The quantitative estimate of drug-likeness (QED) is 0.433. The molecule has 3 aromatic rings. The molecule has 1 amide bonds. The number of rotatable bonds is 9. The highest BCUT2D eigenvalue weighted by atomic mass is 35.5. The first-order valence-corrected chi connectivity index (χ1v) is 12.8. The first kappa shape index (κ1) is 23.8. The predicted octanol–water partition coefficient (Wildman–Crippen LogP) is 4.96. The number of aromatic nitrogens is 2. The normalized spacial score (nSPS) is 16.6. The van der Waals surface area contributed by atoms with Gasteiger partial charge < -0.3 is 9.84 Å². The number of carbonyl (C=O) groups excluding carboxylic acids is 1. The van der Waals surface area contributed by atoms with Crippen LogP contribution in [0.4, 0.5) is 0 Å². The van der Waals surface area contributed by atoms with E-state index in [0.717, 1.165) is 36.5 Å². The molecule has 0 aliphatic carbocycles. The van der Waals surface area contributed by atoms with Gasteiger partial charge in [0, 0.05) is 35.2 Å². The van der Waals surface area contributed by atoms with Crippen LogP contribution in [0.3, 0.4) is 0 Å². The van der Waals surface area contributed by atoms with E-state index in [9.17, 15) is 4.79 Å². The van der Waals surface area contributed by atoms with Crippen molar-refractivity contribution < 1.29 is 9.32 Å². The molecule has 174 valence electrons. The first-order valence-electron chi connectivity index (χ1n) is 11.3. The number of nitrogens with one attached hydrogen (secondary N) is 1. The van der Waals surface area contributed by atoms with Crippen LogP contribution in [-0.4, -0.2) is 46.3 Å². The molecule has 0 bridgehead atoms. The number of hydrogen-bond donors (Lipinski definition) is 1. The van der Waals surface area contributed by atoms with Gasteiger partial charge in [0.15, 0.2) is 0 Å². The molecule has 6 nitrogen and oxygen atoms in total. The molecule has 1 N–H and O–H groups in total. The fraction of sp³-hybridized carbons (Fsp3) is 0.400. The molecule has 1 aromatic heterocycles. The summed E-state index contributed by atoms with van der Waals surface area (Å²) in [6.45, 7) is 4.96. The lowest BCUT2D eigenvalue weighted by Crippen LogP contribution is -2.43. The molecule has 2 heterocycles. The van der Waals surface area contributed by atoms with Gasteiger partial charge in [-0.25, -0.2) is 0 Å². The topological polar surface area (TPSA) is 71.3 Å². The number of halogens is 1. The van der Waals surface area contributed by atoms with Crippen molar-refractivity contribution in [2.24, 2.45) is 5.92 Å². The van der Waals surface area contributed by atoms with Gasteiger partial charge in [-0.1, -0.05) is 58.7 Å². The number of aryl methyl sites for hydroxylation is 1. The van der Waals surface area contributed by atoms with Gasteiger partial charge in [-0.15, -0.1) is 0 Å². The van der Waals surface area contributed by atoms with E-state index in [1.165, 1.54) is 11.1 Å². The molecule has 4 rings (SSSR count). The van der Waals surface area contributed by atoms with Gasteiger partial charge in [-0.2, -0.15) is 16.7 Å². The minimum Gasteiger partial charge on any atom is -0.355 e. The number of amides is 1. The van der Waals surface area contributed by atoms with E-state index in [4.69, 9.17) is 16.1 Å². The van der Waals surface area contributed by atoms with Gasteiger partial charge in [0.1, 0.15) is 0 Å². The van der Waals surface area contributed by atoms with E-state index < -0.39 is 0 Å². The molecule has 33 heavy (non-hydrogen) atoms. The van der Waals surface area contributed by atoms with Crippen molar-refractivity contribution in [3.63, 3.8) is 0 Å². The molecule has 1 aliphatic heterocycles. The number of piperidine rings is 1. The maximum Gasteiger partial charge on any atom is 0.241 e. The van der Waals surface area contributed by atoms with Crippen LogP contribution in [0.1, 0.15) is 29.9 Å². The second-order valence-electron chi connectivity index (χ2n) is 8.43. The molecule has 0 radical (unpaired) electrons. The van der Waals surface area contributed by atoms with Crippen molar-refractivity contribution >= 4 is 29.3 Å². The van der Waals surface area contributed by atoms with Gasteiger partial charge in [-0.3, -0.25) is 9.69 Å². The SMILES string of the molecule is Cc1ccc(CSCCNC(=O)C2CCCN(Cc3nc(-c4cccc(Cl)c4)no3)C2)cc1. The summed E-state index contributed by atoms with van der Waals surface area (Å²) in [6.07, 6.45) is 1.89. The maximum absolute atomic E-state index is 12.7. The highest BCUT2D eigenvalue weighted by Crippen LogP contribution is 2.22. The Kier molecular flexibility index (Phi) is 8.42. The summed E-state index contributed by atoms with van der Waals surface area (Å²) in [4.78, 5) is 19.4. The Morgan fingerprint density at radius 1 is 1.27 bits per heavy atom. The van der Waals surface area contributed by atoms with E-state index in [-0.39, 0.29) is 11.8 Å². The van der Waals surface area contributed by atoms with Gasteiger partial charge in [0.2, 0.25) is 17.6 Å². The number of thioether (sulfide) groups is 1. The van der Waals surface area contributed by atoms with Crippen LogP contribution >= 0.6 is 23.4 Å². The molecule has 1 atom stereocenters. The van der Waals surface area contributed by atoms with E-state index >= 15 is 0 Å². The number of carbonyl (C=O) groups is 1. The van der Waals surface area contributed by atoms with E-state index in [1.807, 2.05) is 36.0 Å². The van der Waals surface area contributed by atoms with Crippen LogP contribution in [0.2, 0.25) is 5.02 Å². The minimum atomic E-state index is -0.00355. The summed E-state index contributed by atoms with van der Waals surface area (Å²) in [5.41, 5.74) is 3.42. The number of hydrogen-bond acceptors (Lipinski definition) is 6. The van der Waals surface area contributed by atoms with Crippen LogP contribution in [0.5, 0.6) is 0 Å². The molecule has 1 saturated heterocycles. The standard InChI is InChI=1S/C25H29ClN4O2S/c1-18-7-9-19(10-8-18)17-33-13-11-27-25(31)21-5-3-12-30(15-21)16-23-28-24(29-32-23)20-4-2-6-22(26)14-20/h2,4,6-10,14,21H,3,5,11-13,15-17H2,1H3,(H,27,31). The lowest BCUT2D eigenvalue weighted by atomic mass is 9.97. The third-order valence-electron chi connectivity index (χ3n) is 5.72. The second kappa shape index (κ2) is 11.7. The summed E-state index contributed by atoms with van der Waals surface area (Å²) in [6, 6.07) is 16.0. The second-order valence-corrected chi connectivity index (χ2v) is 9.97. The van der Waals surface area contributed by atoms with Crippen molar-refractivity contribution in [2.75, 3.05) is 25.4 Å². The third kappa shape index (κ3) is 7.06. The Labute approximate surface area is 204 Å². The van der Waals surface area contributed by atoms with Crippen molar-refractivity contribution in [1.82, 2.24) is 20.4 Å². The van der Waals surface area contributed by atoms with Gasteiger partial charge in [-0.05, 0) is 44.0 Å². The van der Waals surface area contributed by atoms with E-state index in [2.05, 4.69) is 51.5 Å². The Morgan fingerprint density at radius 2 is 2.12 bits per heavy atom. The Morgan fingerprint density at radius 3 is 2.94 bits per heavy atom. The molecular formula is C25H29ClN4O2S. The lowest BCUT2D eigenvalue weighted by molar-refractivity contribution is -0.126. The van der Waals surface area contributed by atoms with Crippen LogP contribution < -0.4 is 5.32 Å². The average Bonchev–Trinajstić information content (AvgIpc) is 3.28. The summed E-state index contributed by atoms with van der Waals surface area (Å²) in [7, 11) is 0. The summed E-state index contributed by atoms with van der Waals surface area (Å²) >= 11 is 7.90. The molecule has 1 unspecified atom stereocenters. The van der Waals surface area contributed by atoms with Crippen molar-refractivity contribution in [2.45, 2.75) is 32.1 Å². The average molecular weight is 485 g/mol. The highest BCUT2D eigenvalue weighted by Gasteiger charge is 2.26. The predicted molar refractivity (Wildman–Crippen MR) is 133 cm³/mol. The summed E-state index contributed by atoms with van der Waals surface area (Å²) < 4.78 is 5.44. The van der Waals surface area contributed by atoms with Crippen LogP contribution in [0.25, 0.3) is 11.4 Å². The van der Waals surface area contributed by atoms with Gasteiger partial charge in [0.05, 0.1) is 12.5 Å². The Bertz CT molecular complexity index is 1060.